The molecule has 7 rings (SSSR count). The molecule has 1 heteroatoms. The second-order valence-corrected chi connectivity index (χ2v) is 15.2. The smallest absolute Gasteiger partial charge is 0.143 e. The molecule has 2 aliphatic carbocycles. The fraction of sp³-hybridized carbons (Fsp3) is 0.127. The van der Waals surface area contributed by atoms with Crippen molar-refractivity contribution in [2.75, 3.05) is 0 Å². The van der Waals surface area contributed by atoms with Crippen LogP contribution < -0.4 is 10.4 Å². The largest absolute Gasteiger partial charge is 0.455 e. The molecule has 5 aromatic rings. The highest BCUT2D eigenvalue weighted by atomic mass is 16.3. The van der Waals surface area contributed by atoms with E-state index in [1.165, 1.54) is 11.1 Å². The minimum absolute atomic E-state index is 0.322. The van der Waals surface area contributed by atoms with Gasteiger partial charge in [0.1, 0.15) is 11.2 Å². The number of rotatable bonds is 8. The minimum atomic E-state index is -0.322. The van der Waals surface area contributed by atoms with E-state index in [1.807, 2.05) is 36.4 Å². The highest BCUT2D eigenvalue weighted by Crippen LogP contribution is 2.53. The molecule has 0 unspecified atom stereocenters. The fourth-order valence-corrected chi connectivity index (χ4v) is 8.40. The molecule has 56 heavy (non-hydrogen) atoms. The van der Waals surface area contributed by atoms with Crippen LogP contribution in [0.15, 0.2) is 216 Å². The fourth-order valence-electron chi connectivity index (χ4n) is 8.40. The van der Waals surface area contributed by atoms with Crippen LogP contribution in [0, 0.1) is 0 Å². The van der Waals surface area contributed by atoms with Crippen LogP contribution in [0.3, 0.4) is 0 Å². The van der Waals surface area contributed by atoms with Crippen molar-refractivity contribution in [1.82, 2.24) is 0 Å². The first-order valence-corrected chi connectivity index (χ1v) is 19.3. The average molecular weight is 727 g/mol. The van der Waals surface area contributed by atoms with Gasteiger partial charge in [0.15, 0.2) is 0 Å². The number of para-hydroxylation sites is 1. The zero-order chi connectivity index (χ0) is 39.7. The molecule has 0 saturated heterocycles. The van der Waals surface area contributed by atoms with E-state index in [9.17, 15) is 0 Å². The third-order valence-electron chi connectivity index (χ3n) is 11.6. The Balaban J connectivity index is 1.43. The molecule has 0 bridgehead atoms. The van der Waals surface area contributed by atoms with Crippen molar-refractivity contribution in [3.05, 3.63) is 234 Å². The van der Waals surface area contributed by atoms with Gasteiger partial charge in [-0.3, -0.25) is 0 Å². The number of furan rings is 1. The Kier molecular flexibility index (Phi) is 10.4. The van der Waals surface area contributed by atoms with Crippen LogP contribution in [0.2, 0.25) is 0 Å². The van der Waals surface area contributed by atoms with Crippen molar-refractivity contribution in [3.8, 4) is 0 Å². The van der Waals surface area contributed by atoms with Gasteiger partial charge in [0.25, 0.3) is 0 Å². The van der Waals surface area contributed by atoms with Gasteiger partial charge in [-0.25, -0.2) is 0 Å². The van der Waals surface area contributed by atoms with Gasteiger partial charge in [-0.15, -0.1) is 0 Å². The molecule has 0 atom stereocenters. The number of hydrogen-bond donors (Lipinski definition) is 0. The minimum Gasteiger partial charge on any atom is -0.455 e. The molecule has 0 radical (unpaired) electrons. The Labute approximate surface area is 332 Å². The Morgan fingerprint density at radius 2 is 1.39 bits per heavy atom. The lowest BCUT2D eigenvalue weighted by Gasteiger charge is -2.22. The molecule has 0 fully saturated rings. The van der Waals surface area contributed by atoms with Gasteiger partial charge in [0.05, 0.1) is 0 Å². The third-order valence-corrected chi connectivity index (χ3v) is 11.6. The van der Waals surface area contributed by atoms with Crippen LogP contribution in [0.5, 0.6) is 0 Å². The predicted octanol–water partition coefficient (Wildman–Crippen LogP) is 13.7. The van der Waals surface area contributed by atoms with Crippen LogP contribution in [0.1, 0.15) is 51.7 Å². The number of benzene rings is 4. The quantitative estimate of drug-likeness (QED) is 0.145. The summed E-state index contributed by atoms with van der Waals surface area (Å²) >= 11 is 0. The maximum atomic E-state index is 6.60. The summed E-state index contributed by atoms with van der Waals surface area (Å²) in [6, 6.07) is 25.8. The summed E-state index contributed by atoms with van der Waals surface area (Å²) in [6.07, 6.45) is 22.4. The highest BCUT2D eigenvalue weighted by Gasteiger charge is 2.39. The van der Waals surface area contributed by atoms with Gasteiger partial charge >= 0.3 is 0 Å². The van der Waals surface area contributed by atoms with Gasteiger partial charge in [0.2, 0.25) is 0 Å². The molecule has 0 spiro atoms. The van der Waals surface area contributed by atoms with Crippen LogP contribution >= 0.6 is 0 Å². The third kappa shape index (κ3) is 6.44. The topological polar surface area (TPSA) is 13.1 Å². The van der Waals surface area contributed by atoms with Gasteiger partial charge < -0.3 is 4.42 Å². The second kappa shape index (κ2) is 15.4. The van der Waals surface area contributed by atoms with Crippen molar-refractivity contribution in [2.24, 2.45) is 0 Å². The van der Waals surface area contributed by atoms with Crippen LogP contribution in [0.4, 0.5) is 0 Å². The summed E-state index contributed by atoms with van der Waals surface area (Å²) < 4.78 is 6.60. The molecule has 2 aliphatic rings. The Morgan fingerprint density at radius 1 is 0.750 bits per heavy atom. The molecule has 0 aliphatic heterocycles. The zero-order valence-electron chi connectivity index (χ0n) is 33.3. The van der Waals surface area contributed by atoms with Crippen molar-refractivity contribution in [1.29, 1.82) is 0 Å². The lowest BCUT2D eigenvalue weighted by molar-refractivity contribution is 0.658. The van der Waals surface area contributed by atoms with Crippen molar-refractivity contribution in [2.45, 2.75) is 46.0 Å². The van der Waals surface area contributed by atoms with E-state index in [0.29, 0.717) is 0 Å². The SMILES string of the molecule is C=C/C=C\C(=C)C1=C(C=C)/C(C=C)=C(/C(C)=c2\cccc\c2=C(\C)C(=C)/C=C2\C(=C)C(C)(C)c3c2ccc2ccc4c5ccccc5oc4c32)\C=C\CC\C=C\1. The molecule has 4 aromatic carbocycles. The first kappa shape index (κ1) is 37.9. The molecular formula is C55H50O. The summed E-state index contributed by atoms with van der Waals surface area (Å²) in [5, 5.41) is 6.85. The van der Waals surface area contributed by atoms with Gasteiger partial charge in [0, 0.05) is 21.6 Å². The van der Waals surface area contributed by atoms with Crippen molar-refractivity contribution >= 4 is 49.4 Å². The van der Waals surface area contributed by atoms with E-state index >= 15 is 0 Å². The van der Waals surface area contributed by atoms with Crippen LogP contribution in [-0.2, 0) is 5.41 Å². The molecule has 1 heterocycles. The van der Waals surface area contributed by atoms with Crippen LogP contribution in [-0.4, -0.2) is 0 Å². The summed E-state index contributed by atoms with van der Waals surface area (Å²) in [5.74, 6) is 0. The molecule has 0 amide bonds. The van der Waals surface area contributed by atoms with E-state index < -0.39 is 0 Å². The van der Waals surface area contributed by atoms with E-state index in [4.69, 9.17) is 11.0 Å². The first-order chi connectivity index (χ1) is 27.0. The molecule has 0 N–H and O–H groups in total. The molecule has 1 aromatic heterocycles. The summed E-state index contributed by atoms with van der Waals surface area (Å²) in [7, 11) is 0. The Bertz CT molecular complexity index is 2870. The van der Waals surface area contributed by atoms with E-state index in [0.717, 1.165) is 112 Å². The van der Waals surface area contributed by atoms with Gasteiger partial charge in [-0.05, 0) is 128 Å². The van der Waals surface area contributed by atoms with Gasteiger partial charge in [-0.1, -0.05) is 169 Å². The summed E-state index contributed by atoms with van der Waals surface area (Å²) in [6.45, 7) is 35.1. The lowest BCUT2D eigenvalue weighted by atomic mass is 9.80. The Morgan fingerprint density at radius 3 is 2.11 bits per heavy atom. The normalized spacial score (nSPS) is 21.3. The maximum absolute atomic E-state index is 6.60. The van der Waals surface area contributed by atoms with Crippen molar-refractivity contribution in [3.63, 3.8) is 0 Å². The van der Waals surface area contributed by atoms with E-state index in [1.54, 1.807) is 6.08 Å². The number of fused-ring (bicyclic) bond motifs is 7. The molecule has 0 saturated carbocycles. The molecule has 1 nitrogen and oxygen atoms in total. The summed E-state index contributed by atoms with van der Waals surface area (Å²) in [4.78, 5) is 0. The van der Waals surface area contributed by atoms with Crippen molar-refractivity contribution < 1.29 is 4.42 Å². The number of allylic oxidation sites excluding steroid dienone is 18. The van der Waals surface area contributed by atoms with E-state index in [2.05, 4.69) is 152 Å². The maximum Gasteiger partial charge on any atom is 0.143 e. The standard InChI is InChI=1S/C55H50O/c1-11-14-23-35(4)43-24-17-15-16-18-25-45(42(13-3)41(43)12-2)38(7)46-27-20-19-26-44(46)37(6)36(5)34-50-39(8)55(9,10)53-48(50)32-30-40-31-33-49-47-28-21-22-29-51(47)56-54(49)52(40)53/h11-14,17-34H,1-5,8,15-16H2,6-7,9-10H3/b23-14-,24-17+,25-18+,43-41+,44-37+,45-42+,46-38+,50-34+. The number of hydrogen-bond acceptors (Lipinski definition) is 1. The highest BCUT2D eigenvalue weighted by molar-refractivity contribution is 6.18. The second-order valence-electron chi connectivity index (χ2n) is 15.2. The van der Waals surface area contributed by atoms with Crippen LogP contribution in [0.25, 0.3) is 49.4 Å². The van der Waals surface area contributed by atoms with Gasteiger partial charge in [-0.2, -0.15) is 0 Å². The van der Waals surface area contributed by atoms with E-state index in [-0.39, 0.29) is 5.41 Å². The average Bonchev–Trinajstić information content (AvgIpc) is 3.69. The zero-order valence-corrected chi connectivity index (χ0v) is 33.3. The summed E-state index contributed by atoms with van der Waals surface area (Å²) in [5.41, 5.74) is 14.3. The predicted molar refractivity (Wildman–Crippen MR) is 245 cm³/mol. The molecular weight excluding hydrogens is 677 g/mol. The Hall–Kier alpha value is -6.44. The first-order valence-electron chi connectivity index (χ1n) is 19.3. The molecule has 276 valence electrons. The monoisotopic (exact) mass is 726 g/mol. The lowest BCUT2D eigenvalue weighted by Crippen LogP contribution is -2.29.